The first-order valence-corrected chi connectivity index (χ1v) is 7.22. The molecule has 106 valence electrons. The molecule has 0 aliphatic carbocycles. The summed E-state index contributed by atoms with van der Waals surface area (Å²) in [5.74, 6) is -0.855. The first-order valence-electron chi connectivity index (χ1n) is 5.83. The van der Waals surface area contributed by atoms with E-state index in [4.69, 9.17) is 10.8 Å². The molecular formula is C11H18N4O3S. The van der Waals surface area contributed by atoms with Gasteiger partial charge in [0, 0.05) is 19.3 Å². The monoisotopic (exact) mass is 286 g/mol. The average molecular weight is 286 g/mol. The molecule has 1 rings (SSSR count). The van der Waals surface area contributed by atoms with E-state index in [0.717, 1.165) is 0 Å². The van der Waals surface area contributed by atoms with Gasteiger partial charge in [-0.25, -0.2) is 9.78 Å². The summed E-state index contributed by atoms with van der Waals surface area (Å²) in [4.78, 5) is 26.8. The maximum atomic E-state index is 11.9. The summed E-state index contributed by atoms with van der Waals surface area (Å²) in [6.45, 7) is 1.01. The molecule has 0 radical (unpaired) electrons. The van der Waals surface area contributed by atoms with E-state index in [9.17, 15) is 9.59 Å². The zero-order valence-electron chi connectivity index (χ0n) is 10.7. The molecule has 0 saturated heterocycles. The normalized spacial score (nSPS) is 12.1. The number of aromatic nitrogens is 2. The van der Waals surface area contributed by atoms with E-state index >= 15 is 0 Å². The van der Waals surface area contributed by atoms with Gasteiger partial charge in [0.15, 0.2) is 0 Å². The number of amides is 1. The summed E-state index contributed by atoms with van der Waals surface area (Å²) in [6, 6.07) is -0.889. The number of carbonyl (C=O) groups is 2. The van der Waals surface area contributed by atoms with E-state index in [1.54, 1.807) is 10.8 Å². The van der Waals surface area contributed by atoms with Gasteiger partial charge in [0.1, 0.15) is 11.7 Å². The Morgan fingerprint density at radius 2 is 2.37 bits per heavy atom. The number of rotatable bonds is 8. The van der Waals surface area contributed by atoms with Crippen LogP contribution in [0.4, 0.5) is 0 Å². The number of imidazole rings is 1. The number of hydrogen-bond acceptors (Lipinski definition) is 5. The lowest BCUT2D eigenvalue weighted by Crippen LogP contribution is -2.41. The highest BCUT2D eigenvalue weighted by Crippen LogP contribution is 2.03. The van der Waals surface area contributed by atoms with Crippen LogP contribution < -0.4 is 11.1 Å². The van der Waals surface area contributed by atoms with Crippen LogP contribution in [0.1, 0.15) is 16.9 Å². The molecule has 1 amide bonds. The van der Waals surface area contributed by atoms with Crippen molar-refractivity contribution in [2.75, 3.05) is 18.6 Å². The standard InChI is InChI=1S/C11H18N4O3S/c1-19-5-2-8(11(17)18)14-10(16)9-6-15(4-3-12)7-13-9/h6-8H,2-5,12H2,1H3,(H,14,16)(H,17,18). The Labute approximate surface area is 115 Å². The Balaban J connectivity index is 2.62. The van der Waals surface area contributed by atoms with Crippen molar-refractivity contribution < 1.29 is 14.7 Å². The first kappa shape index (κ1) is 15.5. The van der Waals surface area contributed by atoms with Crippen LogP contribution in [0.25, 0.3) is 0 Å². The second kappa shape index (κ2) is 7.80. The van der Waals surface area contributed by atoms with Crippen molar-refractivity contribution in [1.29, 1.82) is 0 Å². The van der Waals surface area contributed by atoms with Gasteiger partial charge in [-0.2, -0.15) is 11.8 Å². The van der Waals surface area contributed by atoms with Gasteiger partial charge in [-0.1, -0.05) is 0 Å². The van der Waals surface area contributed by atoms with Gasteiger partial charge in [-0.3, -0.25) is 4.79 Å². The largest absolute Gasteiger partial charge is 0.480 e. The van der Waals surface area contributed by atoms with Gasteiger partial charge < -0.3 is 20.7 Å². The molecule has 8 heteroatoms. The van der Waals surface area contributed by atoms with E-state index in [0.29, 0.717) is 25.3 Å². The number of aliphatic carboxylic acids is 1. The van der Waals surface area contributed by atoms with Crippen LogP contribution in [0, 0.1) is 0 Å². The highest BCUT2D eigenvalue weighted by atomic mass is 32.2. The van der Waals surface area contributed by atoms with E-state index < -0.39 is 17.9 Å². The van der Waals surface area contributed by atoms with Gasteiger partial charge in [-0.15, -0.1) is 0 Å². The third-order valence-corrected chi connectivity index (χ3v) is 3.11. The maximum Gasteiger partial charge on any atom is 0.326 e. The zero-order valence-corrected chi connectivity index (χ0v) is 11.5. The number of nitrogens with two attached hydrogens (primary N) is 1. The highest BCUT2D eigenvalue weighted by Gasteiger charge is 2.21. The lowest BCUT2D eigenvalue weighted by Gasteiger charge is -2.12. The molecule has 7 nitrogen and oxygen atoms in total. The number of hydrogen-bond donors (Lipinski definition) is 3. The molecule has 1 atom stereocenters. The Morgan fingerprint density at radius 1 is 1.63 bits per heavy atom. The Bertz CT molecular complexity index is 435. The molecular weight excluding hydrogens is 268 g/mol. The second-order valence-corrected chi connectivity index (χ2v) is 4.92. The average Bonchev–Trinajstić information content (AvgIpc) is 2.83. The number of nitrogens with one attached hydrogen (secondary N) is 1. The van der Waals surface area contributed by atoms with E-state index in [1.165, 1.54) is 18.1 Å². The van der Waals surface area contributed by atoms with E-state index in [2.05, 4.69) is 10.3 Å². The number of carboxylic acid groups (broad SMARTS) is 1. The summed E-state index contributed by atoms with van der Waals surface area (Å²) < 4.78 is 1.69. The Morgan fingerprint density at radius 3 is 2.95 bits per heavy atom. The van der Waals surface area contributed by atoms with Gasteiger partial charge in [0.05, 0.1) is 6.33 Å². The molecule has 1 aromatic rings. The number of carbonyl (C=O) groups excluding carboxylic acids is 1. The molecule has 1 heterocycles. The Hall–Kier alpha value is -1.54. The lowest BCUT2D eigenvalue weighted by molar-refractivity contribution is -0.139. The molecule has 4 N–H and O–H groups in total. The van der Waals surface area contributed by atoms with Gasteiger partial charge >= 0.3 is 5.97 Å². The molecule has 0 aromatic carbocycles. The van der Waals surface area contributed by atoms with Crippen molar-refractivity contribution in [2.24, 2.45) is 5.73 Å². The van der Waals surface area contributed by atoms with Crippen molar-refractivity contribution >= 4 is 23.6 Å². The minimum atomic E-state index is -1.04. The Kier molecular flexibility index (Phi) is 6.37. The van der Waals surface area contributed by atoms with Crippen molar-refractivity contribution in [3.63, 3.8) is 0 Å². The van der Waals surface area contributed by atoms with E-state index in [-0.39, 0.29) is 5.69 Å². The molecule has 0 aliphatic heterocycles. The first-order chi connectivity index (χ1) is 9.08. The molecule has 19 heavy (non-hydrogen) atoms. The predicted octanol–water partition coefficient (Wildman–Crippen LogP) is -0.222. The minimum Gasteiger partial charge on any atom is -0.480 e. The summed E-state index contributed by atoms with van der Waals surface area (Å²) in [5.41, 5.74) is 5.59. The predicted molar refractivity (Wildman–Crippen MR) is 73.2 cm³/mol. The van der Waals surface area contributed by atoms with Crippen LogP contribution >= 0.6 is 11.8 Å². The van der Waals surface area contributed by atoms with Gasteiger partial charge in [0.2, 0.25) is 0 Å². The fraction of sp³-hybridized carbons (Fsp3) is 0.545. The smallest absolute Gasteiger partial charge is 0.326 e. The van der Waals surface area contributed by atoms with Crippen LogP contribution in [-0.4, -0.2) is 51.1 Å². The van der Waals surface area contributed by atoms with Crippen LogP contribution in [0.3, 0.4) is 0 Å². The molecule has 0 saturated carbocycles. The highest BCUT2D eigenvalue weighted by molar-refractivity contribution is 7.98. The number of nitrogens with zero attached hydrogens (tertiary/aromatic N) is 2. The fourth-order valence-corrected chi connectivity index (χ4v) is 1.95. The van der Waals surface area contributed by atoms with Crippen molar-refractivity contribution in [2.45, 2.75) is 19.0 Å². The molecule has 1 aromatic heterocycles. The fourth-order valence-electron chi connectivity index (χ4n) is 1.47. The van der Waals surface area contributed by atoms with Crippen LogP contribution in [0.5, 0.6) is 0 Å². The van der Waals surface area contributed by atoms with Gasteiger partial charge in [-0.05, 0) is 18.4 Å². The summed E-state index contributed by atoms with van der Waals surface area (Å²) >= 11 is 1.53. The minimum absolute atomic E-state index is 0.198. The second-order valence-electron chi connectivity index (χ2n) is 3.93. The quantitative estimate of drug-likeness (QED) is 0.609. The number of thioether (sulfide) groups is 1. The number of carboxylic acids is 1. The van der Waals surface area contributed by atoms with Crippen molar-refractivity contribution in [3.8, 4) is 0 Å². The van der Waals surface area contributed by atoms with Crippen molar-refractivity contribution in [1.82, 2.24) is 14.9 Å². The topological polar surface area (TPSA) is 110 Å². The van der Waals surface area contributed by atoms with Gasteiger partial charge in [0.25, 0.3) is 5.91 Å². The van der Waals surface area contributed by atoms with E-state index in [1.807, 2.05) is 6.26 Å². The molecule has 0 fully saturated rings. The third-order valence-electron chi connectivity index (χ3n) is 2.47. The summed E-state index contributed by atoms with van der Waals surface area (Å²) in [6.07, 6.45) is 5.32. The SMILES string of the molecule is CSCCC(NC(=O)c1cn(CCN)cn1)C(=O)O. The van der Waals surface area contributed by atoms with Crippen LogP contribution in [0.15, 0.2) is 12.5 Å². The maximum absolute atomic E-state index is 11.9. The van der Waals surface area contributed by atoms with Crippen molar-refractivity contribution in [3.05, 3.63) is 18.2 Å². The molecule has 1 unspecified atom stereocenters. The zero-order chi connectivity index (χ0) is 14.3. The van der Waals surface area contributed by atoms with Crippen LogP contribution in [0.2, 0.25) is 0 Å². The summed E-state index contributed by atoms with van der Waals surface area (Å²) in [7, 11) is 0. The summed E-state index contributed by atoms with van der Waals surface area (Å²) in [5, 5.41) is 11.5. The molecule has 0 bridgehead atoms. The molecule has 0 spiro atoms. The molecule has 0 aliphatic rings. The van der Waals surface area contributed by atoms with Crippen LogP contribution in [-0.2, 0) is 11.3 Å². The lowest BCUT2D eigenvalue weighted by atomic mass is 10.2. The third kappa shape index (κ3) is 4.92.